The third-order valence-electron chi connectivity index (χ3n) is 6.83. The molecule has 6 aromatic rings. The minimum Gasteiger partial charge on any atom is -0.352 e. The van der Waals surface area contributed by atoms with Crippen molar-refractivity contribution in [3.63, 3.8) is 0 Å². The maximum absolute atomic E-state index is 14.6. The Morgan fingerprint density at radius 2 is 1.79 bits per heavy atom. The molecule has 0 spiro atoms. The largest absolute Gasteiger partial charge is 0.352 e. The number of allylic oxidation sites excluding steroid dienone is 1. The Balaban J connectivity index is 1.29. The lowest BCUT2D eigenvalue weighted by Gasteiger charge is -2.08. The molecule has 7 rings (SSSR count). The lowest BCUT2D eigenvalue weighted by molar-refractivity contribution is 0.566. The standard InChI is InChI=1S/C29H20FN7O/c30-24-4-2-1-3-20(24)23-13-32-14-26-21(23)9-25(35-26)28-22-8-18(11-33-29(22)37-36-28)17-7-19(12-31-10-17)34-27(15-38)16-5-6-16/h1-4,7-14,16,34-35H,5-6H2,(H,33,36,37). The summed E-state index contributed by atoms with van der Waals surface area (Å²) in [6.07, 6.45) is 10.6. The van der Waals surface area contributed by atoms with Crippen molar-refractivity contribution in [3.05, 3.63) is 85.0 Å². The van der Waals surface area contributed by atoms with Gasteiger partial charge in [-0.15, -0.1) is 0 Å². The van der Waals surface area contributed by atoms with E-state index in [0.29, 0.717) is 22.5 Å². The van der Waals surface area contributed by atoms with E-state index in [0.717, 1.165) is 57.3 Å². The van der Waals surface area contributed by atoms with Gasteiger partial charge in [-0.3, -0.25) is 15.1 Å². The molecular formula is C29H20FN7O. The summed E-state index contributed by atoms with van der Waals surface area (Å²) in [4.78, 5) is 27.9. The molecule has 0 amide bonds. The molecule has 1 aliphatic carbocycles. The molecule has 0 radical (unpaired) electrons. The molecule has 0 saturated heterocycles. The van der Waals surface area contributed by atoms with Gasteiger partial charge < -0.3 is 10.3 Å². The highest BCUT2D eigenvalue weighted by Crippen LogP contribution is 2.37. The van der Waals surface area contributed by atoms with Crippen LogP contribution in [0.15, 0.2) is 79.1 Å². The number of nitrogens with zero attached hydrogens (tertiary/aromatic N) is 4. The van der Waals surface area contributed by atoms with Gasteiger partial charge >= 0.3 is 0 Å². The van der Waals surface area contributed by atoms with Gasteiger partial charge in [0.25, 0.3) is 0 Å². The highest BCUT2D eigenvalue weighted by Gasteiger charge is 2.27. The Morgan fingerprint density at radius 3 is 2.63 bits per heavy atom. The predicted molar refractivity (Wildman–Crippen MR) is 143 cm³/mol. The number of anilines is 1. The Bertz CT molecular complexity index is 1900. The smallest absolute Gasteiger partial charge is 0.181 e. The number of halogens is 1. The average Bonchev–Trinajstić information content (AvgIpc) is 3.56. The predicted octanol–water partition coefficient (Wildman–Crippen LogP) is 5.91. The molecule has 3 N–H and O–H groups in total. The van der Waals surface area contributed by atoms with E-state index in [1.165, 1.54) is 6.07 Å². The third kappa shape index (κ3) is 3.82. The summed E-state index contributed by atoms with van der Waals surface area (Å²) in [6, 6.07) is 12.6. The number of H-pyrrole nitrogens is 2. The number of fused-ring (bicyclic) bond motifs is 2. The van der Waals surface area contributed by atoms with E-state index < -0.39 is 0 Å². The van der Waals surface area contributed by atoms with Crippen molar-refractivity contribution in [3.8, 4) is 33.6 Å². The topological polar surface area (TPSA) is 112 Å². The van der Waals surface area contributed by atoms with Gasteiger partial charge in [0.2, 0.25) is 0 Å². The van der Waals surface area contributed by atoms with E-state index in [9.17, 15) is 9.18 Å². The Kier molecular flexibility index (Phi) is 5.09. The van der Waals surface area contributed by atoms with Crippen molar-refractivity contribution in [1.82, 2.24) is 30.1 Å². The van der Waals surface area contributed by atoms with Gasteiger partial charge in [-0.05, 0) is 37.1 Å². The SMILES string of the molecule is O=C=C(Nc1cncc(-c2cnc3n[nH]c(-c4cc5c(-c6ccccc6F)cncc5[nH]4)c3c2)c1)C1CC1. The summed E-state index contributed by atoms with van der Waals surface area (Å²) in [5, 5.41) is 12.3. The molecule has 0 atom stereocenters. The summed E-state index contributed by atoms with van der Waals surface area (Å²) < 4.78 is 14.6. The van der Waals surface area contributed by atoms with Gasteiger partial charge in [0.05, 0.1) is 35.0 Å². The Hall–Kier alpha value is -5.14. The fraction of sp³-hybridized carbons (Fsp3) is 0.103. The molecule has 5 heterocycles. The molecular weight excluding hydrogens is 481 g/mol. The van der Waals surface area contributed by atoms with E-state index in [1.54, 1.807) is 43.1 Å². The molecule has 1 aliphatic rings. The summed E-state index contributed by atoms with van der Waals surface area (Å²) in [7, 11) is 0. The van der Waals surface area contributed by atoms with Crippen LogP contribution in [0.5, 0.6) is 0 Å². The number of aromatic amines is 2. The quantitative estimate of drug-likeness (QED) is 0.245. The fourth-order valence-electron chi connectivity index (χ4n) is 4.75. The van der Waals surface area contributed by atoms with Gasteiger partial charge in [0.15, 0.2) is 5.65 Å². The van der Waals surface area contributed by atoms with Crippen LogP contribution in [0.25, 0.3) is 55.6 Å². The summed E-state index contributed by atoms with van der Waals surface area (Å²) in [6.45, 7) is 0. The first-order valence-corrected chi connectivity index (χ1v) is 12.2. The van der Waals surface area contributed by atoms with Crippen LogP contribution in [0.4, 0.5) is 10.1 Å². The monoisotopic (exact) mass is 501 g/mol. The molecule has 5 aromatic heterocycles. The van der Waals surface area contributed by atoms with E-state index in [2.05, 4.69) is 35.5 Å². The first-order chi connectivity index (χ1) is 18.7. The van der Waals surface area contributed by atoms with Crippen LogP contribution in [0.3, 0.4) is 0 Å². The average molecular weight is 502 g/mol. The lowest BCUT2D eigenvalue weighted by Crippen LogP contribution is -2.02. The summed E-state index contributed by atoms with van der Waals surface area (Å²) in [5.74, 6) is 1.98. The molecule has 1 aromatic carbocycles. The molecule has 8 nitrogen and oxygen atoms in total. The Morgan fingerprint density at radius 1 is 0.947 bits per heavy atom. The molecule has 1 saturated carbocycles. The van der Waals surface area contributed by atoms with E-state index >= 15 is 0 Å². The van der Waals surface area contributed by atoms with E-state index in [4.69, 9.17) is 0 Å². The molecule has 38 heavy (non-hydrogen) atoms. The highest BCUT2D eigenvalue weighted by atomic mass is 19.1. The van der Waals surface area contributed by atoms with Crippen molar-refractivity contribution in [2.45, 2.75) is 12.8 Å². The number of rotatable bonds is 6. The number of hydrogen-bond acceptors (Lipinski definition) is 6. The second-order valence-electron chi connectivity index (χ2n) is 9.38. The minimum absolute atomic E-state index is 0.257. The van der Waals surface area contributed by atoms with Crippen molar-refractivity contribution < 1.29 is 9.18 Å². The summed E-state index contributed by atoms with van der Waals surface area (Å²) in [5.41, 5.74) is 7.08. The molecule has 0 unspecified atom stereocenters. The molecule has 9 heteroatoms. The molecule has 184 valence electrons. The molecule has 1 fully saturated rings. The zero-order chi connectivity index (χ0) is 25.6. The number of pyridine rings is 3. The number of carbonyl (C=O) groups excluding carboxylic acids is 1. The van der Waals surface area contributed by atoms with Gasteiger partial charge in [0, 0.05) is 57.5 Å². The van der Waals surface area contributed by atoms with Crippen LogP contribution < -0.4 is 5.32 Å². The molecule has 0 aliphatic heterocycles. The van der Waals surface area contributed by atoms with Gasteiger partial charge in [-0.1, -0.05) is 18.2 Å². The number of hydrogen-bond donors (Lipinski definition) is 3. The second-order valence-corrected chi connectivity index (χ2v) is 9.38. The van der Waals surface area contributed by atoms with Crippen molar-refractivity contribution >= 4 is 33.6 Å². The van der Waals surface area contributed by atoms with Crippen LogP contribution in [0.2, 0.25) is 0 Å². The van der Waals surface area contributed by atoms with E-state index in [1.807, 2.05) is 30.2 Å². The van der Waals surface area contributed by atoms with Crippen LogP contribution >= 0.6 is 0 Å². The number of benzene rings is 1. The van der Waals surface area contributed by atoms with Crippen LogP contribution in [0.1, 0.15) is 12.8 Å². The first-order valence-electron chi connectivity index (χ1n) is 12.2. The third-order valence-corrected chi connectivity index (χ3v) is 6.83. The van der Waals surface area contributed by atoms with Crippen LogP contribution in [-0.2, 0) is 4.79 Å². The van der Waals surface area contributed by atoms with Crippen molar-refractivity contribution in [1.29, 1.82) is 0 Å². The zero-order valence-electron chi connectivity index (χ0n) is 20.0. The van der Waals surface area contributed by atoms with Gasteiger partial charge in [0.1, 0.15) is 17.5 Å². The minimum atomic E-state index is -0.302. The summed E-state index contributed by atoms with van der Waals surface area (Å²) >= 11 is 0. The van der Waals surface area contributed by atoms with Gasteiger partial charge in [-0.2, -0.15) is 5.10 Å². The fourth-order valence-corrected chi connectivity index (χ4v) is 4.75. The maximum Gasteiger partial charge on any atom is 0.181 e. The lowest BCUT2D eigenvalue weighted by atomic mass is 10.0. The van der Waals surface area contributed by atoms with Crippen molar-refractivity contribution in [2.75, 3.05) is 5.32 Å². The highest BCUT2D eigenvalue weighted by molar-refractivity contribution is 6.00. The second kappa shape index (κ2) is 8.76. The Labute approximate surface area is 215 Å². The number of nitrogens with one attached hydrogen (secondary N) is 3. The van der Waals surface area contributed by atoms with Crippen molar-refractivity contribution in [2.24, 2.45) is 5.92 Å². The number of aromatic nitrogens is 6. The van der Waals surface area contributed by atoms with Crippen LogP contribution in [0, 0.1) is 11.7 Å². The molecule has 0 bridgehead atoms. The zero-order valence-corrected chi connectivity index (χ0v) is 20.0. The maximum atomic E-state index is 14.6. The normalized spacial score (nSPS) is 13.1. The van der Waals surface area contributed by atoms with Gasteiger partial charge in [-0.25, -0.2) is 14.2 Å². The van der Waals surface area contributed by atoms with E-state index in [-0.39, 0.29) is 11.7 Å². The van der Waals surface area contributed by atoms with Crippen LogP contribution in [-0.4, -0.2) is 36.1 Å². The first kappa shape index (κ1) is 22.1.